The molecule has 0 radical (unpaired) electrons. The SMILES string of the molecule is COC(=O)[C@H](CCC(=O)O)NC(=O)CCCOc1cc2oc3cc(OCCCC(=O)N[C@H](CCC(=O)O)C(=O)OC)c(CC=C(C)C)c(O)c3c(=O)c2c(CC=C(C)C)c1OC. The lowest BCUT2D eigenvalue weighted by Gasteiger charge is -2.18. The van der Waals surface area contributed by atoms with E-state index >= 15 is 0 Å². The van der Waals surface area contributed by atoms with Gasteiger partial charge in [-0.1, -0.05) is 23.3 Å². The number of esters is 2. The van der Waals surface area contributed by atoms with Crippen molar-refractivity contribution in [2.75, 3.05) is 34.5 Å². The molecule has 62 heavy (non-hydrogen) atoms. The number of rotatable bonds is 25. The van der Waals surface area contributed by atoms with Crippen LogP contribution in [0.1, 0.15) is 90.2 Å². The van der Waals surface area contributed by atoms with Gasteiger partial charge in [0.15, 0.2) is 11.5 Å². The highest BCUT2D eigenvalue weighted by atomic mass is 16.5. The summed E-state index contributed by atoms with van der Waals surface area (Å²) >= 11 is 0. The number of carbonyl (C=O) groups excluding carboxylic acids is 4. The summed E-state index contributed by atoms with van der Waals surface area (Å²) < 4.78 is 33.7. The van der Waals surface area contributed by atoms with Crippen LogP contribution in [0.2, 0.25) is 0 Å². The second-order valence-electron chi connectivity index (χ2n) is 14.8. The minimum atomic E-state index is -1.14. The highest BCUT2D eigenvalue weighted by Crippen LogP contribution is 2.42. The maximum Gasteiger partial charge on any atom is 0.328 e. The van der Waals surface area contributed by atoms with Gasteiger partial charge in [-0.3, -0.25) is 24.0 Å². The first-order valence-electron chi connectivity index (χ1n) is 20.0. The number of carbonyl (C=O) groups is 6. The van der Waals surface area contributed by atoms with Crippen molar-refractivity contribution in [1.29, 1.82) is 0 Å². The fourth-order valence-electron chi connectivity index (χ4n) is 6.35. The van der Waals surface area contributed by atoms with E-state index in [0.29, 0.717) is 11.1 Å². The molecule has 1 aromatic heterocycles. The van der Waals surface area contributed by atoms with Crippen LogP contribution < -0.4 is 30.3 Å². The van der Waals surface area contributed by atoms with E-state index in [1.54, 1.807) is 0 Å². The zero-order valence-electron chi connectivity index (χ0n) is 36.1. The number of carboxylic acid groups (broad SMARTS) is 2. The normalized spacial score (nSPS) is 11.8. The molecular weight excluding hydrogens is 812 g/mol. The second kappa shape index (κ2) is 24.0. The molecule has 338 valence electrons. The summed E-state index contributed by atoms with van der Waals surface area (Å²) in [5, 5.41) is 34.8. The van der Waals surface area contributed by atoms with Crippen molar-refractivity contribution in [2.24, 2.45) is 0 Å². The number of carboxylic acids is 2. The Balaban J connectivity index is 1.98. The van der Waals surface area contributed by atoms with Gasteiger partial charge in [-0.25, -0.2) is 9.59 Å². The Morgan fingerprint density at radius 3 is 1.58 bits per heavy atom. The van der Waals surface area contributed by atoms with E-state index in [2.05, 4.69) is 20.1 Å². The Bertz CT molecular complexity index is 2250. The molecule has 2 atom stereocenters. The Morgan fingerprint density at radius 1 is 0.677 bits per heavy atom. The zero-order chi connectivity index (χ0) is 46.1. The molecule has 18 nitrogen and oxygen atoms in total. The minimum Gasteiger partial charge on any atom is -0.507 e. The van der Waals surface area contributed by atoms with Crippen LogP contribution in [0.5, 0.6) is 23.0 Å². The highest BCUT2D eigenvalue weighted by molar-refractivity contribution is 5.98. The fourth-order valence-corrected chi connectivity index (χ4v) is 6.35. The van der Waals surface area contributed by atoms with E-state index in [-0.39, 0.29) is 122 Å². The number of hydrogen-bond acceptors (Lipinski definition) is 14. The van der Waals surface area contributed by atoms with Crippen molar-refractivity contribution in [3.63, 3.8) is 0 Å². The van der Waals surface area contributed by atoms with E-state index < -0.39 is 53.2 Å². The summed E-state index contributed by atoms with van der Waals surface area (Å²) in [5.41, 5.74) is 2.18. The topological polar surface area (TPSA) is 264 Å². The number of allylic oxidation sites excluding steroid dienone is 4. The molecule has 0 aliphatic carbocycles. The third-order valence-electron chi connectivity index (χ3n) is 9.49. The number of aliphatic carboxylic acids is 2. The number of hydrogen-bond donors (Lipinski definition) is 5. The van der Waals surface area contributed by atoms with Crippen LogP contribution in [-0.4, -0.2) is 97.6 Å². The predicted octanol–water partition coefficient (Wildman–Crippen LogP) is 5.04. The Morgan fingerprint density at radius 2 is 1.13 bits per heavy atom. The summed E-state index contributed by atoms with van der Waals surface area (Å²) in [6.07, 6.45) is 3.31. The summed E-state index contributed by atoms with van der Waals surface area (Å²) in [6.45, 7) is 7.49. The van der Waals surface area contributed by atoms with Gasteiger partial charge in [0.25, 0.3) is 0 Å². The first kappa shape index (κ1) is 49.8. The van der Waals surface area contributed by atoms with Crippen LogP contribution in [0, 0.1) is 0 Å². The van der Waals surface area contributed by atoms with Gasteiger partial charge in [-0.15, -0.1) is 0 Å². The van der Waals surface area contributed by atoms with Gasteiger partial charge in [-0.05, 0) is 66.2 Å². The lowest BCUT2D eigenvalue weighted by atomic mass is 9.98. The number of benzene rings is 2. The first-order chi connectivity index (χ1) is 29.4. The Kier molecular flexibility index (Phi) is 19.3. The van der Waals surface area contributed by atoms with E-state index in [0.717, 1.165) is 25.4 Å². The second-order valence-corrected chi connectivity index (χ2v) is 14.8. The fraction of sp³-hybridized carbons (Fsp3) is 0.477. The van der Waals surface area contributed by atoms with Crippen LogP contribution in [0.25, 0.3) is 21.9 Å². The van der Waals surface area contributed by atoms with E-state index in [9.17, 15) is 38.7 Å². The van der Waals surface area contributed by atoms with Gasteiger partial charge in [0.2, 0.25) is 17.2 Å². The monoisotopic (exact) mass is 868 g/mol. The number of fused-ring (bicyclic) bond motifs is 2. The number of phenols is 1. The van der Waals surface area contributed by atoms with Crippen LogP contribution in [0.3, 0.4) is 0 Å². The van der Waals surface area contributed by atoms with E-state index in [1.165, 1.54) is 19.2 Å². The van der Waals surface area contributed by atoms with Gasteiger partial charge < -0.3 is 54.1 Å². The van der Waals surface area contributed by atoms with Gasteiger partial charge >= 0.3 is 23.9 Å². The average Bonchev–Trinajstić information content (AvgIpc) is 3.21. The lowest BCUT2D eigenvalue weighted by Crippen LogP contribution is -2.41. The summed E-state index contributed by atoms with van der Waals surface area (Å²) in [4.78, 5) is 86.1. The smallest absolute Gasteiger partial charge is 0.328 e. The van der Waals surface area contributed by atoms with Crippen LogP contribution in [0.15, 0.2) is 44.6 Å². The van der Waals surface area contributed by atoms with Crippen molar-refractivity contribution >= 4 is 57.6 Å². The van der Waals surface area contributed by atoms with Gasteiger partial charge in [0.05, 0.1) is 39.9 Å². The van der Waals surface area contributed by atoms with Crippen LogP contribution in [0.4, 0.5) is 0 Å². The van der Waals surface area contributed by atoms with Crippen molar-refractivity contribution in [2.45, 2.75) is 104 Å². The van der Waals surface area contributed by atoms with Crippen LogP contribution in [-0.2, 0) is 51.1 Å². The molecule has 3 rings (SSSR count). The molecule has 0 spiro atoms. The molecule has 0 unspecified atom stereocenters. The van der Waals surface area contributed by atoms with Gasteiger partial charge in [0, 0.05) is 48.9 Å². The van der Waals surface area contributed by atoms with Gasteiger partial charge in [0.1, 0.15) is 40.1 Å². The number of nitrogens with one attached hydrogen (secondary N) is 2. The molecule has 1 heterocycles. The predicted molar refractivity (Wildman–Crippen MR) is 226 cm³/mol. The van der Waals surface area contributed by atoms with Crippen molar-refractivity contribution in [3.8, 4) is 23.0 Å². The van der Waals surface area contributed by atoms with Crippen LogP contribution >= 0.6 is 0 Å². The molecule has 0 aliphatic heterocycles. The van der Waals surface area contributed by atoms with Crippen molar-refractivity contribution in [3.05, 3.63) is 56.8 Å². The summed E-state index contributed by atoms with van der Waals surface area (Å²) in [6, 6.07) is 0.693. The molecule has 3 aromatic rings. The maximum absolute atomic E-state index is 14.5. The lowest BCUT2D eigenvalue weighted by molar-refractivity contribution is -0.146. The molecule has 18 heteroatoms. The number of methoxy groups -OCH3 is 3. The number of phenolic OH excluding ortho intramolecular Hbond substituents is 1. The number of ether oxygens (including phenoxy) is 5. The van der Waals surface area contributed by atoms with E-state index in [4.69, 9.17) is 28.8 Å². The third-order valence-corrected chi connectivity index (χ3v) is 9.49. The maximum atomic E-state index is 14.5. The highest BCUT2D eigenvalue weighted by Gasteiger charge is 2.26. The molecule has 2 aromatic carbocycles. The largest absolute Gasteiger partial charge is 0.507 e. The minimum absolute atomic E-state index is 0.00273. The molecule has 5 N–H and O–H groups in total. The number of aromatic hydroxyl groups is 1. The molecule has 0 saturated heterocycles. The van der Waals surface area contributed by atoms with E-state index in [1.807, 2.05) is 39.8 Å². The third kappa shape index (κ3) is 14.3. The zero-order valence-corrected chi connectivity index (χ0v) is 36.1. The number of amides is 2. The molecule has 0 aliphatic rings. The quantitative estimate of drug-likeness (QED) is 0.0323. The average molecular weight is 869 g/mol. The van der Waals surface area contributed by atoms with Crippen molar-refractivity contribution in [1.82, 2.24) is 10.6 Å². The standard InChI is InChI=1S/C44H56N2O16/c1-24(2)12-14-26-30(60-20-8-10-34(47)45-28(43(55)58-6)16-18-36(49)50)22-32-39(40(26)53)41(54)38-27(15-13-25(3)4)42(57-5)33(23-31(38)62-32)61-21-9-11-35(48)46-29(44(56)59-7)17-19-37(51)52/h12-13,22-23,28-29,53H,8-11,14-21H2,1-7H3,(H,45,47)(H,46,48)(H,49,50)(H,51,52)/t28-,29+/m1/s1. The Hall–Kier alpha value is -6.59. The molecule has 2 amide bonds. The van der Waals surface area contributed by atoms with Crippen molar-refractivity contribution < 1.29 is 72.2 Å². The summed E-state index contributed by atoms with van der Waals surface area (Å²) in [7, 11) is 3.68. The molecule has 0 fully saturated rings. The molecule has 0 bridgehead atoms. The van der Waals surface area contributed by atoms with Gasteiger partial charge in [-0.2, -0.15) is 0 Å². The Labute approximate surface area is 358 Å². The molecular formula is C44H56N2O16. The first-order valence-corrected chi connectivity index (χ1v) is 20.0. The summed E-state index contributed by atoms with van der Waals surface area (Å²) in [5.74, 6) is -4.59. The molecule has 0 saturated carbocycles.